The van der Waals surface area contributed by atoms with Gasteiger partial charge in [-0.25, -0.2) is 0 Å². The number of thiophene rings is 1. The molecular weight excluding hydrogens is 256 g/mol. The topological polar surface area (TPSA) is 46.3 Å². The van der Waals surface area contributed by atoms with Gasteiger partial charge in [0.05, 0.1) is 16.4 Å². The standard InChI is InChI=1S/C12H15ClN2OS/c1-2-7-15(11(16)12(14)5-6-12)8-9-3-4-10(13)17-9/h2-4H,1,5-8,14H2. The van der Waals surface area contributed by atoms with Crippen LogP contribution in [0, 0.1) is 0 Å². The summed E-state index contributed by atoms with van der Waals surface area (Å²) in [6, 6.07) is 3.78. The van der Waals surface area contributed by atoms with Gasteiger partial charge < -0.3 is 10.6 Å². The summed E-state index contributed by atoms with van der Waals surface area (Å²) in [5.41, 5.74) is 5.31. The second-order valence-electron chi connectivity index (χ2n) is 4.34. The highest BCUT2D eigenvalue weighted by Crippen LogP contribution is 2.35. The SMILES string of the molecule is C=CCN(Cc1ccc(Cl)s1)C(=O)C1(N)CC1. The van der Waals surface area contributed by atoms with E-state index in [-0.39, 0.29) is 5.91 Å². The maximum atomic E-state index is 12.2. The second kappa shape index (κ2) is 4.80. The fraction of sp³-hybridized carbons (Fsp3) is 0.417. The summed E-state index contributed by atoms with van der Waals surface area (Å²) in [7, 11) is 0. The van der Waals surface area contributed by atoms with Gasteiger partial charge in [0, 0.05) is 11.4 Å². The van der Waals surface area contributed by atoms with Crippen LogP contribution in [0.4, 0.5) is 0 Å². The van der Waals surface area contributed by atoms with Crippen molar-refractivity contribution in [2.45, 2.75) is 24.9 Å². The molecule has 1 aromatic rings. The van der Waals surface area contributed by atoms with Crippen molar-refractivity contribution in [3.8, 4) is 0 Å². The lowest BCUT2D eigenvalue weighted by Crippen LogP contribution is -2.45. The van der Waals surface area contributed by atoms with E-state index in [1.807, 2.05) is 12.1 Å². The van der Waals surface area contributed by atoms with Gasteiger partial charge >= 0.3 is 0 Å². The summed E-state index contributed by atoms with van der Waals surface area (Å²) in [4.78, 5) is 15.0. The highest BCUT2D eigenvalue weighted by molar-refractivity contribution is 7.16. The van der Waals surface area contributed by atoms with Crippen molar-refractivity contribution in [2.24, 2.45) is 5.73 Å². The molecule has 2 rings (SSSR count). The van der Waals surface area contributed by atoms with E-state index in [1.165, 1.54) is 11.3 Å². The predicted octanol–water partition coefficient (Wildman–Crippen LogP) is 2.41. The number of halogens is 1. The van der Waals surface area contributed by atoms with Crippen molar-refractivity contribution in [1.82, 2.24) is 4.90 Å². The number of nitrogens with zero attached hydrogens (tertiary/aromatic N) is 1. The molecule has 1 aromatic heterocycles. The van der Waals surface area contributed by atoms with E-state index in [0.717, 1.165) is 22.1 Å². The van der Waals surface area contributed by atoms with E-state index < -0.39 is 5.54 Å². The molecule has 0 saturated heterocycles. The molecule has 1 saturated carbocycles. The number of hydrogen-bond donors (Lipinski definition) is 1. The van der Waals surface area contributed by atoms with E-state index in [0.29, 0.717) is 13.1 Å². The van der Waals surface area contributed by atoms with Crippen LogP contribution < -0.4 is 5.73 Å². The van der Waals surface area contributed by atoms with Crippen molar-refractivity contribution in [1.29, 1.82) is 0 Å². The molecule has 0 atom stereocenters. The van der Waals surface area contributed by atoms with Crippen molar-refractivity contribution >= 4 is 28.8 Å². The molecule has 92 valence electrons. The Hall–Kier alpha value is -0.840. The lowest BCUT2D eigenvalue weighted by Gasteiger charge is -2.23. The number of nitrogens with two attached hydrogens (primary N) is 1. The van der Waals surface area contributed by atoms with Crippen LogP contribution in [0.5, 0.6) is 0 Å². The molecule has 5 heteroatoms. The summed E-state index contributed by atoms with van der Waals surface area (Å²) in [5.74, 6) is 0.0157. The molecular formula is C12H15ClN2OS. The van der Waals surface area contributed by atoms with Crippen LogP contribution in [0.3, 0.4) is 0 Å². The molecule has 0 bridgehead atoms. The van der Waals surface area contributed by atoms with Gasteiger partial charge in [0.15, 0.2) is 0 Å². The maximum absolute atomic E-state index is 12.2. The highest BCUT2D eigenvalue weighted by Gasteiger charge is 2.47. The van der Waals surface area contributed by atoms with Crippen molar-refractivity contribution < 1.29 is 4.79 Å². The first kappa shape index (κ1) is 12.6. The van der Waals surface area contributed by atoms with E-state index in [1.54, 1.807) is 11.0 Å². The molecule has 17 heavy (non-hydrogen) atoms. The Morgan fingerprint density at radius 2 is 2.35 bits per heavy atom. The Kier molecular flexibility index (Phi) is 3.56. The first-order chi connectivity index (χ1) is 8.05. The van der Waals surface area contributed by atoms with E-state index in [4.69, 9.17) is 17.3 Å². The highest BCUT2D eigenvalue weighted by atomic mass is 35.5. The van der Waals surface area contributed by atoms with E-state index in [9.17, 15) is 4.79 Å². The molecule has 1 aliphatic carbocycles. The van der Waals surface area contributed by atoms with Gasteiger partial charge in [-0.3, -0.25) is 4.79 Å². The first-order valence-electron chi connectivity index (χ1n) is 5.48. The summed E-state index contributed by atoms with van der Waals surface area (Å²) >= 11 is 7.36. The molecule has 2 N–H and O–H groups in total. The summed E-state index contributed by atoms with van der Waals surface area (Å²) in [6.45, 7) is 4.75. The quantitative estimate of drug-likeness (QED) is 0.835. The molecule has 0 radical (unpaired) electrons. The molecule has 1 fully saturated rings. The Morgan fingerprint density at radius 1 is 1.65 bits per heavy atom. The summed E-state index contributed by atoms with van der Waals surface area (Å²) in [5, 5.41) is 0. The van der Waals surface area contributed by atoms with Crippen molar-refractivity contribution in [3.05, 3.63) is 34.0 Å². The third-order valence-electron chi connectivity index (χ3n) is 2.83. The van der Waals surface area contributed by atoms with E-state index >= 15 is 0 Å². The summed E-state index contributed by atoms with van der Waals surface area (Å²) < 4.78 is 0.736. The molecule has 0 spiro atoms. The Labute approximate surface area is 110 Å². The molecule has 1 heterocycles. The number of carbonyl (C=O) groups excluding carboxylic acids is 1. The zero-order chi connectivity index (χ0) is 12.5. The second-order valence-corrected chi connectivity index (χ2v) is 6.14. The molecule has 1 amide bonds. The average Bonchev–Trinajstić information content (AvgIpc) is 2.91. The zero-order valence-electron chi connectivity index (χ0n) is 9.49. The third kappa shape index (κ3) is 2.89. The van der Waals surface area contributed by atoms with E-state index in [2.05, 4.69) is 6.58 Å². The molecule has 0 unspecified atom stereocenters. The minimum absolute atomic E-state index is 0.0157. The average molecular weight is 271 g/mol. The fourth-order valence-electron chi connectivity index (χ4n) is 1.66. The van der Waals surface area contributed by atoms with Gasteiger partial charge in [0.25, 0.3) is 0 Å². The van der Waals surface area contributed by atoms with Crippen LogP contribution in [-0.2, 0) is 11.3 Å². The van der Waals surface area contributed by atoms with Crippen molar-refractivity contribution in [2.75, 3.05) is 6.54 Å². The largest absolute Gasteiger partial charge is 0.332 e. The van der Waals surface area contributed by atoms with Gasteiger partial charge in [-0.2, -0.15) is 0 Å². The summed E-state index contributed by atoms with van der Waals surface area (Å²) in [6.07, 6.45) is 3.29. The van der Waals surface area contributed by atoms with Gasteiger partial charge in [-0.15, -0.1) is 17.9 Å². The van der Waals surface area contributed by atoms with Gasteiger partial charge in [-0.05, 0) is 25.0 Å². The van der Waals surface area contributed by atoms with Crippen LogP contribution in [0.1, 0.15) is 17.7 Å². The van der Waals surface area contributed by atoms with Crippen LogP contribution in [0.25, 0.3) is 0 Å². The Morgan fingerprint density at radius 3 is 2.82 bits per heavy atom. The van der Waals surface area contributed by atoms with Crippen LogP contribution >= 0.6 is 22.9 Å². The molecule has 0 aromatic carbocycles. The number of amides is 1. The lowest BCUT2D eigenvalue weighted by atomic mass is 10.2. The normalized spacial score (nSPS) is 16.6. The molecule has 1 aliphatic rings. The maximum Gasteiger partial charge on any atom is 0.243 e. The number of carbonyl (C=O) groups is 1. The predicted molar refractivity (Wildman–Crippen MR) is 71.1 cm³/mol. The van der Waals surface area contributed by atoms with Gasteiger partial charge in [0.2, 0.25) is 5.91 Å². The van der Waals surface area contributed by atoms with Crippen LogP contribution in [0.15, 0.2) is 24.8 Å². The van der Waals surface area contributed by atoms with Gasteiger partial charge in [0.1, 0.15) is 0 Å². The first-order valence-corrected chi connectivity index (χ1v) is 6.68. The monoisotopic (exact) mass is 270 g/mol. The minimum Gasteiger partial charge on any atom is -0.332 e. The lowest BCUT2D eigenvalue weighted by molar-refractivity contribution is -0.133. The number of hydrogen-bond acceptors (Lipinski definition) is 3. The Bertz CT molecular complexity index is 439. The smallest absolute Gasteiger partial charge is 0.243 e. The van der Waals surface area contributed by atoms with Crippen LogP contribution in [-0.4, -0.2) is 22.9 Å². The minimum atomic E-state index is -0.621. The zero-order valence-corrected chi connectivity index (χ0v) is 11.1. The molecule has 0 aliphatic heterocycles. The van der Waals surface area contributed by atoms with Gasteiger partial charge in [-0.1, -0.05) is 17.7 Å². The Balaban J connectivity index is 2.06. The third-order valence-corrected chi connectivity index (χ3v) is 4.04. The van der Waals surface area contributed by atoms with Crippen molar-refractivity contribution in [3.63, 3.8) is 0 Å². The number of rotatable bonds is 5. The fourth-order valence-corrected chi connectivity index (χ4v) is 2.77. The molecule has 3 nitrogen and oxygen atoms in total. The van der Waals surface area contributed by atoms with Crippen LogP contribution in [0.2, 0.25) is 4.34 Å².